The standard InChI is InChI=1S/C20H20FN5O2/c21-14-8-6-13(7-9-14)17-18(16-10-11-23-20(25-16)28-19(22)27)26(12-24-17)15-4-2-1-3-5-15/h6-12,15H,1-5H2,(H2,22,27). The van der Waals surface area contributed by atoms with Crippen molar-refractivity contribution in [1.29, 1.82) is 0 Å². The third kappa shape index (κ3) is 3.71. The number of carbonyl (C=O) groups is 1. The number of amides is 1. The van der Waals surface area contributed by atoms with Crippen molar-refractivity contribution < 1.29 is 13.9 Å². The minimum atomic E-state index is -0.975. The molecule has 3 aromatic rings. The summed E-state index contributed by atoms with van der Waals surface area (Å²) in [7, 11) is 0. The van der Waals surface area contributed by atoms with Gasteiger partial charge in [-0.25, -0.2) is 19.2 Å². The number of imidazole rings is 1. The van der Waals surface area contributed by atoms with E-state index in [-0.39, 0.29) is 11.8 Å². The van der Waals surface area contributed by atoms with Crippen molar-refractivity contribution in [2.24, 2.45) is 5.73 Å². The van der Waals surface area contributed by atoms with Crippen LogP contribution >= 0.6 is 0 Å². The molecule has 0 saturated heterocycles. The zero-order valence-corrected chi connectivity index (χ0v) is 15.2. The molecule has 2 N–H and O–H groups in total. The number of primary amides is 1. The number of hydrogen-bond donors (Lipinski definition) is 1. The highest BCUT2D eigenvalue weighted by Crippen LogP contribution is 2.37. The average Bonchev–Trinajstić information content (AvgIpc) is 3.14. The maximum absolute atomic E-state index is 13.4. The molecule has 1 aliphatic carbocycles. The molecule has 7 nitrogen and oxygen atoms in total. The number of nitrogens with two attached hydrogens (primary N) is 1. The molecule has 0 atom stereocenters. The summed E-state index contributed by atoms with van der Waals surface area (Å²) in [6.45, 7) is 0. The first-order valence-electron chi connectivity index (χ1n) is 9.25. The lowest BCUT2D eigenvalue weighted by molar-refractivity contribution is 0.207. The lowest BCUT2D eigenvalue weighted by Gasteiger charge is -2.25. The van der Waals surface area contributed by atoms with Gasteiger partial charge in [0, 0.05) is 17.8 Å². The fourth-order valence-corrected chi connectivity index (χ4v) is 3.68. The Kier molecular flexibility index (Phi) is 5.01. The summed E-state index contributed by atoms with van der Waals surface area (Å²) in [5.74, 6) is -0.309. The molecule has 28 heavy (non-hydrogen) atoms. The van der Waals surface area contributed by atoms with Crippen LogP contribution in [-0.2, 0) is 0 Å². The molecule has 4 rings (SSSR count). The monoisotopic (exact) mass is 381 g/mol. The van der Waals surface area contributed by atoms with Crippen LogP contribution in [0.2, 0.25) is 0 Å². The molecule has 1 amide bonds. The highest BCUT2D eigenvalue weighted by Gasteiger charge is 2.23. The second-order valence-corrected chi connectivity index (χ2v) is 6.79. The van der Waals surface area contributed by atoms with Gasteiger partial charge in [0.15, 0.2) is 0 Å². The highest BCUT2D eigenvalue weighted by atomic mass is 19.1. The third-order valence-corrected chi connectivity index (χ3v) is 4.95. The topological polar surface area (TPSA) is 95.9 Å². The second-order valence-electron chi connectivity index (χ2n) is 6.79. The van der Waals surface area contributed by atoms with Crippen molar-refractivity contribution in [3.8, 4) is 28.7 Å². The van der Waals surface area contributed by atoms with Gasteiger partial charge in [0.1, 0.15) is 5.82 Å². The predicted molar refractivity (Wildman–Crippen MR) is 101 cm³/mol. The molecule has 0 unspecified atom stereocenters. The van der Waals surface area contributed by atoms with Crippen molar-refractivity contribution in [2.45, 2.75) is 38.1 Å². The molecule has 0 bridgehead atoms. The maximum Gasteiger partial charge on any atom is 0.412 e. The van der Waals surface area contributed by atoms with Crippen LogP contribution in [-0.4, -0.2) is 25.6 Å². The highest BCUT2D eigenvalue weighted by molar-refractivity contribution is 5.77. The Morgan fingerprint density at radius 2 is 1.86 bits per heavy atom. The molecule has 1 fully saturated rings. The predicted octanol–water partition coefficient (Wildman–Crippen LogP) is 4.11. The van der Waals surface area contributed by atoms with Crippen LogP contribution in [0.3, 0.4) is 0 Å². The minimum Gasteiger partial charge on any atom is -0.374 e. The van der Waals surface area contributed by atoms with Gasteiger partial charge in [0.05, 0.1) is 23.4 Å². The SMILES string of the molecule is NC(=O)Oc1nccc(-c2c(-c3ccc(F)cc3)ncn2C2CCCCC2)n1. The Bertz CT molecular complexity index is 981. The Morgan fingerprint density at radius 3 is 2.57 bits per heavy atom. The fourth-order valence-electron chi connectivity index (χ4n) is 3.68. The van der Waals surface area contributed by atoms with Crippen LogP contribution in [0.15, 0.2) is 42.9 Å². The molecular weight excluding hydrogens is 361 g/mol. The van der Waals surface area contributed by atoms with Crippen LogP contribution in [0, 0.1) is 5.82 Å². The van der Waals surface area contributed by atoms with Crippen LogP contribution in [0.25, 0.3) is 22.6 Å². The molecule has 1 aromatic carbocycles. The van der Waals surface area contributed by atoms with Gasteiger partial charge in [0.25, 0.3) is 0 Å². The van der Waals surface area contributed by atoms with Gasteiger partial charge in [-0.05, 0) is 43.2 Å². The van der Waals surface area contributed by atoms with Crippen molar-refractivity contribution in [3.63, 3.8) is 0 Å². The van der Waals surface area contributed by atoms with Crippen molar-refractivity contribution in [2.75, 3.05) is 0 Å². The summed E-state index contributed by atoms with van der Waals surface area (Å²) in [5, 5.41) is 0. The van der Waals surface area contributed by atoms with Crippen LogP contribution in [0.1, 0.15) is 38.1 Å². The number of rotatable bonds is 4. The quantitative estimate of drug-likeness (QED) is 0.734. The number of ether oxygens (including phenoxy) is 1. The molecule has 2 aromatic heterocycles. The Morgan fingerprint density at radius 1 is 1.11 bits per heavy atom. The lowest BCUT2D eigenvalue weighted by Crippen LogP contribution is -2.18. The van der Waals surface area contributed by atoms with E-state index in [1.54, 1.807) is 24.5 Å². The molecule has 8 heteroatoms. The first-order valence-corrected chi connectivity index (χ1v) is 9.25. The van der Waals surface area contributed by atoms with Crippen LogP contribution in [0.5, 0.6) is 6.01 Å². The van der Waals surface area contributed by atoms with Crippen molar-refractivity contribution >= 4 is 6.09 Å². The van der Waals surface area contributed by atoms with E-state index in [0.29, 0.717) is 17.4 Å². The Balaban J connectivity index is 1.83. The number of halogens is 1. The first kappa shape index (κ1) is 18.1. The molecule has 0 aliphatic heterocycles. The summed E-state index contributed by atoms with van der Waals surface area (Å²) in [5.41, 5.74) is 7.90. The van der Waals surface area contributed by atoms with E-state index in [4.69, 9.17) is 10.5 Å². The summed E-state index contributed by atoms with van der Waals surface area (Å²) in [6.07, 6.45) is 8.01. The summed E-state index contributed by atoms with van der Waals surface area (Å²) in [6, 6.07) is 8.10. The average molecular weight is 381 g/mol. The van der Waals surface area contributed by atoms with E-state index in [1.807, 2.05) is 0 Å². The van der Waals surface area contributed by atoms with Gasteiger partial charge in [-0.3, -0.25) is 0 Å². The van der Waals surface area contributed by atoms with Gasteiger partial charge >= 0.3 is 12.1 Å². The normalized spacial score (nSPS) is 14.8. The number of benzene rings is 1. The number of hydrogen-bond acceptors (Lipinski definition) is 5. The van der Waals surface area contributed by atoms with E-state index in [9.17, 15) is 9.18 Å². The molecule has 1 saturated carbocycles. The number of nitrogens with zero attached hydrogens (tertiary/aromatic N) is 4. The van der Waals surface area contributed by atoms with Gasteiger partial charge in [-0.15, -0.1) is 0 Å². The van der Waals surface area contributed by atoms with E-state index < -0.39 is 6.09 Å². The van der Waals surface area contributed by atoms with E-state index in [1.165, 1.54) is 24.8 Å². The summed E-state index contributed by atoms with van der Waals surface area (Å²) in [4.78, 5) is 24.0. The Hall–Kier alpha value is -3.29. The minimum absolute atomic E-state index is 0.119. The molecule has 144 valence electrons. The van der Waals surface area contributed by atoms with Gasteiger partial charge in [-0.2, -0.15) is 4.98 Å². The zero-order valence-electron chi connectivity index (χ0n) is 15.2. The zero-order chi connectivity index (χ0) is 19.5. The van der Waals surface area contributed by atoms with E-state index in [0.717, 1.165) is 36.9 Å². The molecular formula is C20H20FN5O2. The van der Waals surface area contributed by atoms with Gasteiger partial charge in [-0.1, -0.05) is 19.3 Å². The van der Waals surface area contributed by atoms with E-state index in [2.05, 4.69) is 19.5 Å². The smallest absolute Gasteiger partial charge is 0.374 e. The first-order chi connectivity index (χ1) is 13.6. The molecule has 2 heterocycles. The second kappa shape index (κ2) is 7.75. The van der Waals surface area contributed by atoms with E-state index >= 15 is 0 Å². The maximum atomic E-state index is 13.4. The van der Waals surface area contributed by atoms with Crippen molar-refractivity contribution in [1.82, 2.24) is 19.5 Å². The number of carbonyl (C=O) groups excluding carboxylic acids is 1. The fraction of sp³-hybridized carbons (Fsp3) is 0.300. The molecule has 0 spiro atoms. The largest absolute Gasteiger partial charge is 0.412 e. The van der Waals surface area contributed by atoms with Gasteiger partial charge < -0.3 is 15.0 Å². The molecule has 1 aliphatic rings. The van der Waals surface area contributed by atoms with Gasteiger partial charge in [0.2, 0.25) is 0 Å². The number of aromatic nitrogens is 4. The summed E-state index contributed by atoms with van der Waals surface area (Å²) >= 11 is 0. The molecule has 0 radical (unpaired) electrons. The Labute approximate surface area is 161 Å². The summed E-state index contributed by atoms with van der Waals surface area (Å²) < 4.78 is 20.3. The lowest BCUT2D eigenvalue weighted by atomic mass is 9.95. The van der Waals surface area contributed by atoms with Crippen molar-refractivity contribution in [3.05, 3.63) is 48.7 Å². The van der Waals surface area contributed by atoms with Crippen LogP contribution < -0.4 is 10.5 Å². The van der Waals surface area contributed by atoms with Crippen LogP contribution in [0.4, 0.5) is 9.18 Å². The third-order valence-electron chi connectivity index (χ3n) is 4.95.